The van der Waals surface area contributed by atoms with Crippen LogP contribution in [0.2, 0.25) is 0 Å². The summed E-state index contributed by atoms with van der Waals surface area (Å²) in [5.41, 5.74) is 0. The maximum Gasteiger partial charge on any atom is 0.305 e. The number of carbonyl (C=O) groups excluding carboxylic acids is 1. The van der Waals surface area contributed by atoms with Crippen LogP contribution in [-0.2, 0) is 9.53 Å². The van der Waals surface area contributed by atoms with Crippen molar-refractivity contribution in [3.8, 4) is 0 Å². The quantitative estimate of drug-likeness (QED) is 0.204. The number of carbonyl (C=O) groups is 1. The van der Waals surface area contributed by atoms with E-state index in [9.17, 15) is 4.79 Å². The summed E-state index contributed by atoms with van der Waals surface area (Å²) in [6.07, 6.45) is 16.0. The summed E-state index contributed by atoms with van der Waals surface area (Å²) < 4.78 is 4.92. The Morgan fingerprint density at radius 2 is 1.14 bits per heavy atom. The largest absolute Gasteiger partial charge is 0.463 e. The first-order chi connectivity index (χ1) is 13.5. The Morgan fingerprint density at radius 1 is 0.750 bits per heavy atom. The minimum atomic E-state index is -0.954. The van der Waals surface area contributed by atoms with E-state index >= 15 is 0 Å². The molecule has 0 aliphatic rings. The van der Waals surface area contributed by atoms with E-state index in [2.05, 4.69) is 6.92 Å². The van der Waals surface area contributed by atoms with Crippen molar-refractivity contribution in [1.29, 1.82) is 0 Å². The van der Waals surface area contributed by atoms with Crippen LogP contribution in [0.4, 0.5) is 0 Å². The normalized spacial score (nSPS) is 11.8. The van der Waals surface area contributed by atoms with Crippen molar-refractivity contribution in [2.75, 3.05) is 19.8 Å². The molecule has 0 spiro atoms. The van der Waals surface area contributed by atoms with Crippen molar-refractivity contribution in [3.63, 3.8) is 0 Å². The zero-order valence-electron chi connectivity index (χ0n) is 18.3. The lowest BCUT2D eigenvalue weighted by molar-refractivity contribution is -0.146. The molecule has 0 aromatic rings. The average Bonchev–Trinajstić information content (AvgIpc) is 2.69. The van der Waals surface area contributed by atoms with Crippen molar-refractivity contribution in [2.45, 2.75) is 116 Å². The first-order valence-corrected chi connectivity index (χ1v) is 11.2. The monoisotopic (exact) mass is 406 g/mol. The van der Waals surface area contributed by atoms with Gasteiger partial charge in [-0.15, -0.1) is 0 Å². The molecule has 28 heavy (non-hydrogen) atoms. The van der Waals surface area contributed by atoms with Gasteiger partial charge in [0.2, 0.25) is 0 Å². The van der Waals surface area contributed by atoms with E-state index in [-0.39, 0.29) is 25.8 Å². The summed E-state index contributed by atoms with van der Waals surface area (Å²) in [4.78, 5) is 11.3. The first kappa shape index (κ1) is 29.5. The van der Waals surface area contributed by atoms with Gasteiger partial charge in [-0.25, -0.2) is 0 Å². The second-order valence-corrected chi connectivity index (χ2v) is 7.54. The Bertz CT molecular complexity index is 305. The zero-order valence-corrected chi connectivity index (χ0v) is 18.3. The van der Waals surface area contributed by atoms with E-state index < -0.39 is 12.2 Å². The van der Waals surface area contributed by atoms with Gasteiger partial charge in [0.05, 0.1) is 19.3 Å². The van der Waals surface area contributed by atoms with Crippen molar-refractivity contribution >= 4 is 5.97 Å². The van der Waals surface area contributed by atoms with Gasteiger partial charge >= 0.3 is 5.97 Å². The highest BCUT2D eigenvalue weighted by Gasteiger charge is 2.04. The van der Waals surface area contributed by atoms with E-state index in [0.29, 0.717) is 6.42 Å². The topological polar surface area (TPSA) is 107 Å². The number of rotatable bonds is 18. The molecule has 0 aromatic carbocycles. The minimum absolute atomic E-state index is 0.122. The number of esters is 1. The molecule has 0 heterocycles. The molecule has 4 N–H and O–H groups in total. The van der Waals surface area contributed by atoms with Gasteiger partial charge in [-0.3, -0.25) is 4.79 Å². The molecule has 0 saturated heterocycles. The summed E-state index contributed by atoms with van der Waals surface area (Å²) in [5.74, 6) is -0.177. The number of aliphatic hydroxyl groups excluding tert-OH is 4. The van der Waals surface area contributed by atoms with Gasteiger partial charge in [0.25, 0.3) is 0 Å². The summed E-state index contributed by atoms with van der Waals surface area (Å²) in [6.45, 7) is 3.28. The van der Waals surface area contributed by atoms with E-state index in [1.807, 2.05) is 0 Å². The van der Waals surface area contributed by atoms with E-state index in [0.717, 1.165) is 12.8 Å². The Balaban J connectivity index is 0. The molecule has 0 radical (unpaired) electrons. The molecule has 0 aromatic heterocycles. The molecule has 0 amide bonds. The summed E-state index contributed by atoms with van der Waals surface area (Å²) in [6, 6.07) is 0. The van der Waals surface area contributed by atoms with Crippen molar-refractivity contribution in [3.05, 3.63) is 0 Å². The molecule has 6 heteroatoms. The molecule has 0 saturated carbocycles. The molecule has 0 fully saturated rings. The van der Waals surface area contributed by atoms with Crippen molar-refractivity contribution < 1.29 is 30.0 Å². The van der Waals surface area contributed by atoms with E-state index in [1.54, 1.807) is 6.92 Å². The van der Waals surface area contributed by atoms with Crippen LogP contribution in [0.3, 0.4) is 0 Å². The molecule has 0 rings (SSSR count). The summed E-state index contributed by atoms with van der Waals surface area (Å²) in [7, 11) is 0. The second kappa shape index (κ2) is 24.3. The van der Waals surface area contributed by atoms with Gasteiger partial charge in [0, 0.05) is 6.42 Å². The van der Waals surface area contributed by atoms with Crippen LogP contribution in [0, 0.1) is 0 Å². The van der Waals surface area contributed by atoms with Crippen LogP contribution in [0.25, 0.3) is 0 Å². The molecule has 0 aliphatic carbocycles. The van der Waals surface area contributed by atoms with Crippen LogP contribution >= 0.6 is 0 Å². The molecule has 6 nitrogen and oxygen atoms in total. The van der Waals surface area contributed by atoms with Crippen LogP contribution < -0.4 is 0 Å². The highest BCUT2D eigenvalue weighted by Crippen LogP contribution is 2.13. The Kier molecular flexibility index (Phi) is 25.7. The maximum atomic E-state index is 11.3. The molecular formula is C22H46O6. The fourth-order valence-electron chi connectivity index (χ4n) is 2.63. The zero-order chi connectivity index (χ0) is 21.5. The third-order valence-corrected chi connectivity index (χ3v) is 4.39. The van der Waals surface area contributed by atoms with Gasteiger partial charge < -0.3 is 25.2 Å². The standard InChI is InChI=1S/C19H38O3.C3H8O3/c1-3-4-5-6-7-8-9-10-11-12-13-14-15-16-19(21)22-17-18(2)20;4-1-3(6)2-5/h18,20H,3-17H2,1-2H3;3-6H,1-2H2. The highest BCUT2D eigenvalue weighted by atomic mass is 16.5. The predicted molar refractivity (Wildman–Crippen MR) is 113 cm³/mol. The number of ether oxygens (including phenoxy) is 1. The number of hydrogen-bond acceptors (Lipinski definition) is 6. The predicted octanol–water partition coefficient (Wildman–Crippen LogP) is 3.72. The molecule has 170 valence electrons. The molecule has 0 aliphatic heterocycles. The molecule has 0 bridgehead atoms. The SMILES string of the molecule is CCCCCCCCCCCCCCCC(=O)OCC(C)O.OCC(O)CO. The average molecular weight is 407 g/mol. The molecule has 1 unspecified atom stereocenters. The lowest BCUT2D eigenvalue weighted by Crippen LogP contribution is -2.15. The van der Waals surface area contributed by atoms with E-state index in [1.165, 1.54) is 70.6 Å². The van der Waals surface area contributed by atoms with Crippen LogP contribution in [0.15, 0.2) is 0 Å². The van der Waals surface area contributed by atoms with Gasteiger partial charge in [0.15, 0.2) is 0 Å². The maximum absolute atomic E-state index is 11.3. The Hall–Kier alpha value is -0.690. The van der Waals surface area contributed by atoms with Gasteiger partial charge in [-0.1, -0.05) is 84.0 Å². The lowest BCUT2D eigenvalue weighted by atomic mass is 10.0. The van der Waals surface area contributed by atoms with Crippen molar-refractivity contribution in [1.82, 2.24) is 0 Å². The first-order valence-electron chi connectivity index (χ1n) is 11.2. The number of hydrogen-bond donors (Lipinski definition) is 4. The minimum Gasteiger partial charge on any atom is -0.463 e. The van der Waals surface area contributed by atoms with Gasteiger partial charge in [-0.05, 0) is 13.3 Å². The van der Waals surface area contributed by atoms with Crippen LogP contribution in [0.5, 0.6) is 0 Å². The summed E-state index contributed by atoms with van der Waals surface area (Å²) >= 11 is 0. The Labute approximate surface area is 172 Å². The molecular weight excluding hydrogens is 360 g/mol. The van der Waals surface area contributed by atoms with Gasteiger partial charge in [-0.2, -0.15) is 0 Å². The number of unbranched alkanes of at least 4 members (excludes halogenated alkanes) is 12. The number of aliphatic hydroxyl groups is 4. The lowest BCUT2D eigenvalue weighted by Gasteiger charge is -2.06. The second-order valence-electron chi connectivity index (χ2n) is 7.54. The van der Waals surface area contributed by atoms with E-state index in [4.69, 9.17) is 25.2 Å². The van der Waals surface area contributed by atoms with Gasteiger partial charge in [0.1, 0.15) is 12.7 Å². The highest BCUT2D eigenvalue weighted by molar-refractivity contribution is 5.69. The molecule has 1 atom stereocenters. The van der Waals surface area contributed by atoms with Crippen LogP contribution in [0.1, 0.15) is 104 Å². The fourth-order valence-corrected chi connectivity index (χ4v) is 2.63. The van der Waals surface area contributed by atoms with Crippen LogP contribution in [-0.4, -0.2) is 58.4 Å². The third kappa shape index (κ3) is 27.5. The summed E-state index contributed by atoms with van der Waals surface area (Å²) in [5, 5.41) is 33.0. The smallest absolute Gasteiger partial charge is 0.305 e. The Morgan fingerprint density at radius 3 is 1.46 bits per heavy atom. The fraction of sp³-hybridized carbons (Fsp3) is 0.955. The third-order valence-electron chi connectivity index (χ3n) is 4.39. The van der Waals surface area contributed by atoms with Crippen molar-refractivity contribution in [2.24, 2.45) is 0 Å².